The van der Waals surface area contributed by atoms with Gasteiger partial charge in [-0.3, -0.25) is 0 Å². The molecule has 0 bridgehead atoms. The molecular weight excluding hydrogens is 390 g/mol. The first-order valence-corrected chi connectivity index (χ1v) is 8.50. The van der Waals surface area contributed by atoms with Crippen LogP contribution in [-0.4, -0.2) is 6.10 Å². The average molecular weight is 403 g/mol. The summed E-state index contributed by atoms with van der Waals surface area (Å²) in [7, 11) is 0. The molecule has 1 unspecified atom stereocenters. The molecule has 0 radical (unpaired) electrons. The zero-order valence-electron chi connectivity index (χ0n) is 10.1. The van der Waals surface area contributed by atoms with E-state index >= 15 is 0 Å². The highest BCUT2D eigenvalue weighted by Crippen LogP contribution is 2.37. The number of benzene rings is 1. The van der Waals surface area contributed by atoms with Gasteiger partial charge >= 0.3 is 0 Å². The third-order valence-electron chi connectivity index (χ3n) is 3.02. The minimum absolute atomic E-state index is 0.115. The number of halogens is 2. The molecule has 1 fully saturated rings. The Bertz CT molecular complexity index is 575. The van der Waals surface area contributed by atoms with E-state index in [0.717, 1.165) is 24.4 Å². The van der Waals surface area contributed by atoms with Crippen molar-refractivity contribution in [2.45, 2.75) is 25.0 Å². The van der Waals surface area contributed by atoms with Crippen LogP contribution in [0.1, 0.15) is 29.3 Å². The number of thiophene rings is 1. The summed E-state index contributed by atoms with van der Waals surface area (Å²) in [5.41, 5.74) is 7.41. The molecule has 1 aliphatic rings. The van der Waals surface area contributed by atoms with Crippen LogP contribution in [0.5, 0.6) is 5.75 Å². The van der Waals surface area contributed by atoms with E-state index in [1.807, 2.05) is 24.3 Å². The number of nitrogens with two attached hydrogens (primary N) is 1. The van der Waals surface area contributed by atoms with Crippen LogP contribution in [0.3, 0.4) is 0 Å². The number of rotatable bonds is 4. The Labute approximate surface area is 133 Å². The van der Waals surface area contributed by atoms with Crippen LogP contribution in [0.25, 0.3) is 0 Å². The fourth-order valence-electron chi connectivity index (χ4n) is 1.84. The molecule has 1 saturated carbocycles. The Kier molecular flexibility index (Phi) is 3.98. The van der Waals surface area contributed by atoms with Gasteiger partial charge in [0.15, 0.2) is 0 Å². The molecule has 0 amide bonds. The van der Waals surface area contributed by atoms with E-state index < -0.39 is 0 Å². The molecule has 0 saturated heterocycles. The molecule has 3 rings (SSSR count). The quantitative estimate of drug-likeness (QED) is 0.792. The van der Waals surface area contributed by atoms with E-state index in [1.165, 1.54) is 12.8 Å². The van der Waals surface area contributed by atoms with Crippen LogP contribution in [0.4, 0.5) is 0 Å². The van der Waals surface area contributed by atoms with Crippen LogP contribution >= 0.6 is 43.2 Å². The van der Waals surface area contributed by atoms with E-state index in [4.69, 9.17) is 10.5 Å². The summed E-state index contributed by atoms with van der Waals surface area (Å²) in [6.07, 6.45) is 2.75. The number of ether oxygens (including phenoxy) is 1. The maximum absolute atomic E-state index is 6.33. The molecule has 2 N–H and O–H groups in total. The SMILES string of the molecule is NC(c1cccc(OC2CC2)c1)c1cc(Br)c(Br)s1. The molecule has 100 valence electrons. The lowest BCUT2D eigenvalue weighted by Crippen LogP contribution is -2.10. The third kappa shape index (κ3) is 3.21. The molecule has 1 aromatic heterocycles. The van der Waals surface area contributed by atoms with Gasteiger partial charge in [-0.1, -0.05) is 12.1 Å². The lowest BCUT2D eigenvalue weighted by atomic mass is 10.1. The normalized spacial score (nSPS) is 16.4. The van der Waals surface area contributed by atoms with Gasteiger partial charge in [-0.15, -0.1) is 11.3 Å². The van der Waals surface area contributed by atoms with Gasteiger partial charge in [-0.05, 0) is 68.5 Å². The van der Waals surface area contributed by atoms with Gasteiger partial charge in [-0.2, -0.15) is 0 Å². The van der Waals surface area contributed by atoms with Gasteiger partial charge in [0.05, 0.1) is 15.9 Å². The molecule has 1 aliphatic carbocycles. The summed E-state index contributed by atoms with van der Waals surface area (Å²) in [4.78, 5) is 1.13. The zero-order valence-corrected chi connectivity index (χ0v) is 14.1. The monoisotopic (exact) mass is 401 g/mol. The van der Waals surface area contributed by atoms with E-state index in [9.17, 15) is 0 Å². The van der Waals surface area contributed by atoms with Gasteiger partial charge < -0.3 is 10.5 Å². The molecule has 0 aliphatic heterocycles. The highest BCUT2D eigenvalue weighted by atomic mass is 79.9. The average Bonchev–Trinajstić information content (AvgIpc) is 3.15. The molecule has 5 heteroatoms. The molecule has 19 heavy (non-hydrogen) atoms. The van der Waals surface area contributed by atoms with Crippen LogP contribution in [0.2, 0.25) is 0 Å². The van der Waals surface area contributed by atoms with E-state index in [1.54, 1.807) is 11.3 Å². The van der Waals surface area contributed by atoms with Crippen molar-refractivity contribution in [2.24, 2.45) is 5.73 Å². The van der Waals surface area contributed by atoms with Crippen molar-refractivity contribution in [3.63, 3.8) is 0 Å². The smallest absolute Gasteiger partial charge is 0.120 e. The summed E-state index contributed by atoms with van der Waals surface area (Å²) in [6.45, 7) is 0. The molecule has 2 aromatic rings. The second-order valence-corrected chi connectivity index (χ2v) is 7.89. The van der Waals surface area contributed by atoms with E-state index in [0.29, 0.717) is 6.10 Å². The first-order chi connectivity index (χ1) is 9.13. The van der Waals surface area contributed by atoms with Crippen molar-refractivity contribution in [3.8, 4) is 5.75 Å². The number of hydrogen-bond acceptors (Lipinski definition) is 3. The minimum atomic E-state index is -0.115. The van der Waals surface area contributed by atoms with Crippen molar-refractivity contribution in [2.75, 3.05) is 0 Å². The predicted molar refractivity (Wildman–Crippen MR) is 85.8 cm³/mol. The standard InChI is InChI=1S/C14H13Br2NOS/c15-11-7-12(19-14(11)16)13(17)8-2-1-3-10(6-8)18-9-4-5-9/h1-3,6-7,9,13H,4-5,17H2. The van der Waals surface area contributed by atoms with Crippen LogP contribution in [-0.2, 0) is 0 Å². The van der Waals surface area contributed by atoms with Crippen LogP contribution in [0, 0.1) is 0 Å². The van der Waals surface area contributed by atoms with Crippen molar-refractivity contribution in [1.29, 1.82) is 0 Å². The first kappa shape index (κ1) is 13.6. The molecule has 1 heterocycles. The van der Waals surface area contributed by atoms with Crippen molar-refractivity contribution in [3.05, 3.63) is 49.0 Å². The second-order valence-electron chi connectivity index (χ2n) is 4.64. The Morgan fingerprint density at radius 3 is 2.68 bits per heavy atom. The van der Waals surface area contributed by atoms with Gasteiger partial charge in [0.25, 0.3) is 0 Å². The summed E-state index contributed by atoms with van der Waals surface area (Å²) in [5, 5.41) is 0. The fourth-order valence-corrected chi connectivity index (χ4v) is 3.96. The highest BCUT2D eigenvalue weighted by molar-refractivity contribution is 9.13. The Morgan fingerprint density at radius 1 is 1.26 bits per heavy atom. The Morgan fingerprint density at radius 2 is 2.05 bits per heavy atom. The van der Waals surface area contributed by atoms with Crippen molar-refractivity contribution in [1.82, 2.24) is 0 Å². The van der Waals surface area contributed by atoms with Gasteiger partial charge in [-0.25, -0.2) is 0 Å². The van der Waals surface area contributed by atoms with Crippen LogP contribution < -0.4 is 10.5 Å². The van der Waals surface area contributed by atoms with Crippen molar-refractivity contribution < 1.29 is 4.74 Å². The predicted octanol–water partition coefficient (Wildman–Crippen LogP) is 4.86. The number of hydrogen-bond donors (Lipinski definition) is 1. The van der Waals surface area contributed by atoms with Crippen molar-refractivity contribution >= 4 is 43.2 Å². The summed E-state index contributed by atoms with van der Waals surface area (Å²) >= 11 is 8.65. The first-order valence-electron chi connectivity index (χ1n) is 6.10. The van der Waals surface area contributed by atoms with Gasteiger partial charge in [0, 0.05) is 9.35 Å². The maximum Gasteiger partial charge on any atom is 0.120 e. The Balaban J connectivity index is 1.83. The fraction of sp³-hybridized carbons (Fsp3) is 0.286. The summed E-state index contributed by atoms with van der Waals surface area (Å²) < 4.78 is 7.93. The van der Waals surface area contributed by atoms with E-state index in [2.05, 4.69) is 37.9 Å². The highest BCUT2D eigenvalue weighted by Gasteiger charge is 2.23. The molecule has 0 spiro atoms. The minimum Gasteiger partial charge on any atom is -0.490 e. The lowest BCUT2D eigenvalue weighted by Gasteiger charge is -2.12. The summed E-state index contributed by atoms with van der Waals surface area (Å²) in [5.74, 6) is 0.921. The Hall–Kier alpha value is -0.360. The maximum atomic E-state index is 6.33. The molecule has 1 aromatic carbocycles. The summed E-state index contributed by atoms with van der Waals surface area (Å²) in [6, 6.07) is 10.0. The lowest BCUT2D eigenvalue weighted by molar-refractivity contribution is 0.303. The van der Waals surface area contributed by atoms with Gasteiger partial charge in [0.1, 0.15) is 5.75 Å². The van der Waals surface area contributed by atoms with Crippen LogP contribution in [0.15, 0.2) is 38.6 Å². The molecule has 1 atom stereocenters. The topological polar surface area (TPSA) is 35.2 Å². The second kappa shape index (κ2) is 5.56. The van der Waals surface area contributed by atoms with Gasteiger partial charge in [0.2, 0.25) is 0 Å². The largest absolute Gasteiger partial charge is 0.490 e. The molecular formula is C14H13Br2NOS. The van der Waals surface area contributed by atoms with E-state index in [-0.39, 0.29) is 6.04 Å². The zero-order chi connectivity index (χ0) is 13.4. The molecule has 2 nitrogen and oxygen atoms in total. The third-order valence-corrected chi connectivity index (χ3v) is 6.35.